The van der Waals surface area contributed by atoms with Crippen molar-refractivity contribution < 1.29 is 0 Å². The fraction of sp³-hybridized carbons (Fsp3) is 1.00. The van der Waals surface area contributed by atoms with Crippen LogP contribution in [0.3, 0.4) is 0 Å². The van der Waals surface area contributed by atoms with Gasteiger partial charge in [-0.05, 0) is 51.7 Å². The van der Waals surface area contributed by atoms with Crippen LogP contribution < -0.4 is 5.32 Å². The monoisotopic (exact) mass is 212 g/mol. The highest BCUT2D eigenvalue weighted by molar-refractivity contribution is 4.77. The first-order valence-electron chi connectivity index (χ1n) is 6.71. The third kappa shape index (κ3) is 4.98. The van der Waals surface area contributed by atoms with Crippen LogP contribution in [0.2, 0.25) is 0 Å². The zero-order chi connectivity index (χ0) is 11.1. The number of nitrogens with one attached hydrogen (secondary N) is 1. The minimum absolute atomic E-state index is 0.639. The summed E-state index contributed by atoms with van der Waals surface area (Å²) in [6.07, 6.45) is 6.87. The van der Waals surface area contributed by atoms with Crippen LogP contribution in [-0.4, -0.2) is 36.6 Å². The van der Waals surface area contributed by atoms with E-state index < -0.39 is 0 Å². The molecule has 1 saturated heterocycles. The molecule has 0 amide bonds. The molecule has 0 aromatic heterocycles. The van der Waals surface area contributed by atoms with E-state index in [1.54, 1.807) is 0 Å². The maximum Gasteiger partial charge on any atom is 0.00931 e. The molecule has 1 aliphatic heterocycles. The fourth-order valence-electron chi connectivity index (χ4n) is 2.48. The molecular formula is C13H28N2. The molecule has 1 rings (SSSR count). The first-order chi connectivity index (χ1) is 7.24. The first-order valence-corrected chi connectivity index (χ1v) is 6.71. The Bertz CT molecular complexity index is 157. The second-order valence-electron chi connectivity index (χ2n) is 5.06. The van der Waals surface area contributed by atoms with Gasteiger partial charge in [-0.1, -0.05) is 20.8 Å². The largest absolute Gasteiger partial charge is 0.315 e. The molecule has 0 bridgehead atoms. The van der Waals surface area contributed by atoms with Gasteiger partial charge in [-0.2, -0.15) is 0 Å². The zero-order valence-corrected chi connectivity index (χ0v) is 10.8. The van der Waals surface area contributed by atoms with Crippen molar-refractivity contribution in [2.45, 2.75) is 65.0 Å². The van der Waals surface area contributed by atoms with Gasteiger partial charge in [0, 0.05) is 12.1 Å². The summed E-state index contributed by atoms with van der Waals surface area (Å²) >= 11 is 0. The minimum atomic E-state index is 0.639. The molecular weight excluding hydrogens is 184 g/mol. The Labute approximate surface area is 95.4 Å². The van der Waals surface area contributed by atoms with E-state index in [9.17, 15) is 0 Å². The molecule has 0 spiro atoms. The molecule has 1 atom stereocenters. The standard InChI is InChI=1S/C13H28N2/c1-4-13-8-7-11-15(13)10-6-5-9-14-12(2)3/h12-14H,4-11H2,1-3H3. The molecule has 15 heavy (non-hydrogen) atoms. The van der Waals surface area contributed by atoms with Gasteiger partial charge < -0.3 is 10.2 Å². The Hall–Kier alpha value is -0.0800. The number of likely N-dealkylation sites (tertiary alicyclic amines) is 1. The second kappa shape index (κ2) is 7.24. The molecule has 90 valence electrons. The SMILES string of the molecule is CCC1CCCN1CCCCNC(C)C. The predicted molar refractivity (Wildman–Crippen MR) is 67.3 cm³/mol. The van der Waals surface area contributed by atoms with Crippen LogP contribution in [0.5, 0.6) is 0 Å². The molecule has 1 heterocycles. The Balaban J connectivity index is 1.99. The highest BCUT2D eigenvalue weighted by Crippen LogP contribution is 2.19. The van der Waals surface area contributed by atoms with Crippen LogP contribution >= 0.6 is 0 Å². The van der Waals surface area contributed by atoms with Crippen LogP contribution in [0.15, 0.2) is 0 Å². The molecule has 2 heteroatoms. The highest BCUT2D eigenvalue weighted by atomic mass is 15.2. The van der Waals surface area contributed by atoms with Gasteiger partial charge >= 0.3 is 0 Å². The van der Waals surface area contributed by atoms with Gasteiger partial charge in [-0.3, -0.25) is 0 Å². The summed E-state index contributed by atoms with van der Waals surface area (Å²) in [5.41, 5.74) is 0. The fourth-order valence-corrected chi connectivity index (χ4v) is 2.48. The van der Waals surface area contributed by atoms with Crippen LogP contribution in [0, 0.1) is 0 Å². The van der Waals surface area contributed by atoms with Gasteiger partial charge in [0.05, 0.1) is 0 Å². The van der Waals surface area contributed by atoms with Gasteiger partial charge in [0.1, 0.15) is 0 Å². The lowest BCUT2D eigenvalue weighted by Gasteiger charge is -2.23. The lowest BCUT2D eigenvalue weighted by Crippen LogP contribution is -2.30. The summed E-state index contributed by atoms with van der Waals surface area (Å²) in [6, 6.07) is 1.53. The van der Waals surface area contributed by atoms with Crippen LogP contribution in [0.4, 0.5) is 0 Å². The molecule has 0 saturated carbocycles. The van der Waals surface area contributed by atoms with Crippen molar-refractivity contribution in [3.8, 4) is 0 Å². The van der Waals surface area contributed by atoms with E-state index in [-0.39, 0.29) is 0 Å². The summed E-state index contributed by atoms with van der Waals surface area (Å²) in [7, 11) is 0. The maximum absolute atomic E-state index is 3.48. The third-order valence-electron chi connectivity index (χ3n) is 3.40. The van der Waals surface area contributed by atoms with E-state index in [0.29, 0.717) is 6.04 Å². The van der Waals surface area contributed by atoms with Crippen LogP contribution in [0.1, 0.15) is 52.9 Å². The van der Waals surface area contributed by atoms with Gasteiger partial charge in [0.25, 0.3) is 0 Å². The number of hydrogen-bond acceptors (Lipinski definition) is 2. The summed E-state index contributed by atoms with van der Waals surface area (Å²) in [5, 5.41) is 3.48. The molecule has 1 N–H and O–H groups in total. The molecule has 1 unspecified atom stereocenters. The maximum atomic E-state index is 3.48. The van der Waals surface area contributed by atoms with E-state index in [4.69, 9.17) is 0 Å². The molecule has 0 radical (unpaired) electrons. The van der Waals surface area contributed by atoms with Gasteiger partial charge in [0.2, 0.25) is 0 Å². The zero-order valence-electron chi connectivity index (χ0n) is 10.8. The molecule has 1 fully saturated rings. The average molecular weight is 212 g/mol. The highest BCUT2D eigenvalue weighted by Gasteiger charge is 2.21. The minimum Gasteiger partial charge on any atom is -0.315 e. The first kappa shape index (κ1) is 13.0. The van der Waals surface area contributed by atoms with Crippen molar-refractivity contribution in [2.75, 3.05) is 19.6 Å². The third-order valence-corrected chi connectivity index (χ3v) is 3.40. The molecule has 0 aromatic carbocycles. The normalized spacial score (nSPS) is 22.8. The summed E-state index contributed by atoms with van der Waals surface area (Å²) in [5.74, 6) is 0. The number of nitrogens with zero attached hydrogens (tertiary/aromatic N) is 1. The molecule has 2 nitrogen and oxygen atoms in total. The van der Waals surface area contributed by atoms with Crippen molar-refractivity contribution in [3.63, 3.8) is 0 Å². The Morgan fingerprint density at radius 2 is 2.13 bits per heavy atom. The van der Waals surface area contributed by atoms with Crippen molar-refractivity contribution in [2.24, 2.45) is 0 Å². The Kier molecular flexibility index (Phi) is 6.26. The van der Waals surface area contributed by atoms with Crippen molar-refractivity contribution in [1.82, 2.24) is 10.2 Å². The number of unbranched alkanes of at least 4 members (excludes halogenated alkanes) is 1. The van der Waals surface area contributed by atoms with E-state index in [1.807, 2.05) is 0 Å². The number of hydrogen-bond donors (Lipinski definition) is 1. The van der Waals surface area contributed by atoms with E-state index >= 15 is 0 Å². The number of rotatable bonds is 7. The van der Waals surface area contributed by atoms with Crippen molar-refractivity contribution in [1.29, 1.82) is 0 Å². The van der Waals surface area contributed by atoms with E-state index in [1.165, 1.54) is 51.7 Å². The van der Waals surface area contributed by atoms with E-state index in [2.05, 4.69) is 31.0 Å². The molecule has 0 aliphatic carbocycles. The molecule has 1 aliphatic rings. The predicted octanol–water partition coefficient (Wildman–Crippen LogP) is 2.64. The van der Waals surface area contributed by atoms with Crippen molar-refractivity contribution in [3.05, 3.63) is 0 Å². The topological polar surface area (TPSA) is 15.3 Å². The molecule has 0 aromatic rings. The van der Waals surface area contributed by atoms with Gasteiger partial charge in [0.15, 0.2) is 0 Å². The van der Waals surface area contributed by atoms with Crippen molar-refractivity contribution >= 4 is 0 Å². The Morgan fingerprint density at radius 3 is 2.80 bits per heavy atom. The lowest BCUT2D eigenvalue weighted by molar-refractivity contribution is 0.243. The quantitative estimate of drug-likeness (QED) is 0.653. The van der Waals surface area contributed by atoms with Crippen LogP contribution in [-0.2, 0) is 0 Å². The summed E-state index contributed by atoms with van der Waals surface area (Å²) in [4.78, 5) is 2.69. The second-order valence-corrected chi connectivity index (χ2v) is 5.06. The summed E-state index contributed by atoms with van der Waals surface area (Å²) < 4.78 is 0. The van der Waals surface area contributed by atoms with Gasteiger partial charge in [-0.15, -0.1) is 0 Å². The lowest BCUT2D eigenvalue weighted by atomic mass is 10.1. The Morgan fingerprint density at radius 1 is 1.33 bits per heavy atom. The van der Waals surface area contributed by atoms with E-state index in [0.717, 1.165) is 6.04 Å². The smallest absolute Gasteiger partial charge is 0.00931 e. The van der Waals surface area contributed by atoms with Gasteiger partial charge in [-0.25, -0.2) is 0 Å². The summed E-state index contributed by atoms with van der Waals surface area (Å²) in [6.45, 7) is 10.6. The van der Waals surface area contributed by atoms with Crippen LogP contribution in [0.25, 0.3) is 0 Å². The average Bonchev–Trinajstić information content (AvgIpc) is 2.64.